The van der Waals surface area contributed by atoms with Crippen molar-refractivity contribution in [3.05, 3.63) is 16.5 Å². The summed E-state index contributed by atoms with van der Waals surface area (Å²) in [5.74, 6) is -1.12. The Morgan fingerprint density at radius 3 is 2.63 bits per heavy atom. The van der Waals surface area contributed by atoms with E-state index >= 15 is 0 Å². The van der Waals surface area contributed by atoms with Gasteiger partial charge in [-0.05, 0) is 25.0 Å². The van der Waals surface area contributed by atoms with Crippen molar-refractivity contribution in [2.75, 3.05) is 13.7 Å². The molecule has 0 amide bonds. The Balaban J connectivity index is 3.00. The van der Waals surface area contributed by atoms with E-state index in [9.17, 15) is 13.2 Å². The summed E-state index contributed by atoms with van der Waals surface area (Å²) >= 11 is 0.754. The molecule has 0 aliphatic heterocycles. The summed E-state index contributed by atoms with van der Waals surface area (Å²) in [6.45, 7) is 3.69. The number of hydrogen-bond donors (Lipinski definition) is 2. The fourth-order valence-corrected chi connectivity index (χ4v) is 4.21. The molecule has 8 heteroatoms. The van der Waals surface area contributed by atoms with Crippen LogP contribution in [0.5, 0.6) is 0 Å². The number of carbonyl (C=O) groups is 1. The maximum absolute atomic E-state index is 12.1. The van der Waals surface area contributed by atoms with Crippen LogP contribution in [0.4, 0.5) is 0 Å². The third-order valence-electron chi connectivity index (χ3n) is 2.54. The van der Waals surface area contributed by atoms with Gasteiger partial charge in [-0.15, -0.1) is 11.3 Å². The van der Waals surface area contributed by atoms with E-state index in [1.165, 1.54) is 13.2 Å². The van der Waals surface area contributed by atoms with Crippen molar-refractivity contribution < 1.29 is 23.1 Å². The molecule has 1 rings (SSSR count). The topological polar surface area (TPSA) is 92.7 Å². The average Bonchev–Trinajstić information content (AvgIpc) is 2.71. The van der Waals surface area contributed by atoms with E-state index in [0.29, 0.717) is 12.0 Å². The highest BCUT2D eigenvalue weighted by Gasteiger charge is 2.24. The van der Waals surface area contributed by atoms with E-state index in [1.807, 2.05) is 6.92 Å². The van der Waals surface area contributed by atoms with Gasteiger partial charge in [0, 0.05) is 13.2 Å². The minimum absolute atomic E-state index is 0.0111. The summed E-state index contributed by atoms with van der Waals surface area (Å²) in [5, 5.41) is 8.93. The fraction of sp³-hybridized carbons (Fsp3) is 0.545. The molecule has 0 bridgehead atoms. The van der Waals surface area contributed by atoms with Gasteiger partial charge in [-0.25, -0.2) is 17.9 Å². The molecule has 0 radical (unpaired) electrons. The molecule has 19 heavy (non-hydrogen) atoms. The normalized spacial score (nSPS) is 13.4. The molecule has 0 spiro atoms. The highest BCUT2D eigenvalue weighted by Crippen LogP contribution is 2.26. The zero-order valence-corrected chi connectivity index (χ0v) is 12.6. The number of aryl methyl sites for hydroxylation is 1. The van der Waals surface area contributed by atoms with Gasteiger partial charge in [-0.3, -0.25) is 0 Å². The maximum Gasteiger partial charge on any atom is 0.346 e. The van der Waals surface area contributed by atoms with Gasteiger partial charge < -0.3 is 9.84 Å². The number of carboxylic acid groups (broad SMARTS) is 1. The lowest BCUT2D eigenvalue weighted by Crippen LogP contribution is -2.37. The lowest BCUT2D eigenvalue weighted by Gasteiger charge is -2.15. The van der Waals surface area contributed by atoms with Crippen molar-refractivity contribution in [1.82, 2.24) is 4.72 Å². The first-order valence-corrected chi connectivity index (χ1v) is 7.96. The molecule has 1 unspecified atom stereocenters. The molecule has 0 aliphatic rings. The van der Waals surface area contributed by atoms with Crippen molar-refractivity contribution in [2.24, 2.45) is 0 Å². The Bertz CT molecular complexity index is 549. The van der Waals surface area contributed by atoms with Gasteiger partial charge in [0.05, 0.1) is 6.61 Å². The van der Waals surface area contributed by atoms with E-state index in [1.54, 1.807) is 6.92 Å². The summed E-state index contributed by atoms with van der Waals surface area (Å²) in [6, 6.07) is 1.04. The molecule has 1 aromatic heterocycles. The van der Waals surface area contributed by atoms with Crippen molar-refractivity contribution in [3.8, 4) is 0 Å². The van der Waals surface area contributed by atoms with Crippen LogP contribution in [-0.2, 0) is 14.8 Å². The zero-order chi connectivity index (χ0) is 14.6. The van der Waals surface area contributed by atoms with Crippen LogP contribution in [0, 0.1) is 6.92 Å². The highest BCUT2D eigenvalue weighted by atomic mass is 32.2. The first kappa shape index (κ1) is 16.1. The third-order valence-corrected chi connectivity index (χ3v) is 5.76. The smallest absolute Gasteiger partial charge is 0.346 e. The largest absolute Gasteiger partial charge is 0.477 e. The summed E-state index contributed by atoms with van der Waals surface area (Å²) in [4.78, 5) is 11.0. The van der Waals surface area contributed by atoms with E-state index in [0.717, 1.165) is 11.3 Å². The molecule has 1 atom stereocenters. The van der Waals surface area contributed by atoms with Gasteiger partial charge in [0.2, 0.25) is 10.0 Å². The van der Waals surface area contributed by atoms with Crippen LogP contribution >= 0.6 is 11.3 Å². The van der Waals surface area contributed by atoms with Gasteiger partial charge >= 0.3 is 5.97 Å². The second-order valence-electron chi connectivity index (χ2n) is 4.06. The first-order chi connectivity index (χ1) is 8.81. The lowest BCUT2D eigenvalue weighted by molar-refractivity contribution is 0.0701. The molecule has 0 saturated heterocycles. The number of methoxy groups -OCH3 is 1. The van der Waals surface area contributed by atoms with E-state index in [4.69, 9.17) is 9.84 Å². The van der Waals surface area contributed by atoms with Crippen LogP contribution in [0.1, 0.15) is 28.6 Å². The van der Waals surface area contributed by atoms with Gasteiger partial charge in [-0.2, -0.15) is 0 Å². The number of aromatic carboxylic acids is 1. The molecule has 6 nitrogen and oxygen atoms in total. The van der Waals surface area contributed by atoms with Gasteiger partial charge in [0.25, 0.3) is 0 Å². The molecule has 0 aliphatic carbocycles. The minimum Gasteiger partial charge on any atom is -0.477 e. The number of rotatable bonds is 7. The molecule has 0 fully saturated rings. The second-order valence-corrected chi connectivity index (χ2v) is 7.06. The Morgan fingerprint density at radius 2 is 2.21 bits per heavy atom. The predicted molar refractivity (Wildman–Crippen MR) is 72.3 cm³/mol. The monoisotopic (exact) mass is 307 g/mol. The summed E-state index contributed by atoms with van der Waals surface area (Å²) < 4.78 is 31.7. The average molecular weight is 307 g/mol. The minimum atomic E-state index is -3.70. The maximum atomic E-state index is 12.1. The predicted octanol–water partition coefficient (Wildman–Crippen LogP) is 1.46. The van der Waals surface area contributed by atoms with Crippen LogP contribution < -0.4 is 4.72 Å². The number of thiophene rings is 1. The fourth-order valence-electron chi connectivity index (χ4n) is 1.51. The SMILES string of the molecule is CCC(COC)NS(=O)(=O)c1cc(C)c(C(=O)O)s1. The van der Waals surface area contributed by atoms with Gasteiger partial charge in [-0.1, -0.05) is 6.92 Å². The molecule has 0 aromatic carbocycles. The summed E-state index contributed by atoms with van der Waals surface area (Å²) in [5.41, 5.74) is 0.442. The van der Waals surface area contributed by atoms with Crippen LogP contribution in [0.3, 0.4) is 0 Å². The standard InChI is InChI=1S/C11H17NO5S2/c1-4-8(6-17-3)12-19(15,16)9-5-7(2)10(18-9)11(13)14/h5,8,12H,4,6H2,1-3H3,(H,13,14). The number of sulfonamides is 1. The summed E-state index contributed by atoms with van der Waals surface area (Å²) in [6.07, 6.45) is 0.587. The van der Waals surface area contributed by atoms with Crippen LogP contribution in [0.2, 0.25) is 0 Å². The van der Waals surface area contributed by atoms with Crippen LogP contribution in [-0.4, -0.2) is 39.3 Å². The Labute approximate surface area is 116 Å². The zero-order valence-electron chi connectivity index (χ0n) is 11.0. The van der Waals surface area contributed by atoms with E-state index in [2.05, 4.69) is 4.72 Å². The molecule has 1 aromatic rings. The van der Waals surface area contributed by atoms with Crippen molar-refractivity contribution >= 4 is 27.3 Å². The number of carboxylic acids is 1. The molecular weight excluding hydrogens is 290 g/mol. The molecule has 0 saturated carbocycles. The molecular formula is C11H17NO5S2. The Hall–Kier alpha value is -0.960. The molecule has 108 valence electrons. The van der Waals surface area contributed by atoms with Crippen LogP contribution in [0.25, 0.3) is 0 Å². The van der Waals surface area contributed by atoms with Gasteiger partial charge in [0.15, 0.2) is 0 Å². The van der Waals surface area contributed by atoms with E-state index < -0.39 is 16.0 Å². The van der Waals surface area contributed by atoms with Gasteiger partial charge in [0.1, 0.15) is 9.09 Å². The quantitative estimate of drug-likeness (QED) is 0.795. The Kier molecular flexibility index (Phi) is 5.48. The molecule has 2 N–H and O–H groups in total. The number of ether oxygens (including phenoxy) is 1. The highest BCUT2D eigenvalue weighted by molar-refractivity contribution is 7.91. The number of nitrogens with one attached hydrogen (secondary N) is 1. The third kappa shape index (κ3) is 4.00. The summed E-state index contributed by atoms with van der Waals surface area (Å²) in [7, 11) is -2.21. The van der Waals surface area contributed by atoms with Crippen LogP contribution in [0.15, 0.2) is 10.3 Å². The first-order valence-electron chi connectivity index (χ1n) is 5.66. The molecule has 1 heterocycles. The van der Waals surface area contributed by atoms with Crippen molar-refractivity contribution in [1.29, 1.82) is 0 Å². The lowest BCUT2D eigenvalue weighted by atomic mass is 10.3. The second kappa shape index (κ2) is 6.47. The van der Waals surface area contributed by atoms with Crippen molar-refractivity contribution in [2.45, 2.75) is 30.5 Å². The number of hydrogen-bond acceptors (Lipinski definition) is 5. The van der Waals surface area contributed by atoms with E-state index in [-0.39, 0.29) is 21.7 Å². The van der Waals surface area contributed by atoms with Crippen molar-refractivity contribution in [3.63, 3.8) is 0 Å². The Morgan fingerprint density at radius 1 is 1.58 bits per heavy atom.